The Balaban J connectivity index is 2.01. The van der Waals surface area contributed by atoms with Gasteiger partial charge in [0.25, 0.3) is 0 Å². The van der Waals surface area contributed by atoms with Gasteiger partial charge in [-0.05, 0) is 32.0 Å². The Hall–Kier alpha value is -0.580. The summed E-state index contributed by atoms with van der Waals surface area (Å²) >= 11 is 3.51. The molecule has 0 saturated carbocycles. The zero-order valence-electron chi connectivity index (χ0n) is 10.9. The van der Waals surface area contributed by atoms with Gasteiger partial charge >= 0.3 is 0 Å². The van der Waals surface area contributed by atoms with Gasteiger partial charge in [-0.3, -0.25) is 0 Å². The van der Waals surface area contributed by atoms with E-state index in [9.17, 15) is 0 Å². The molecule has 1 aromatic rings. The van der Waals surface area contributed by atoms with Crippen LogP contribution < -0.4 is 10.1 Å². The van der Waals surface area contributed by atoms with E-state index in [1.165, 1.54) is 5.56 Å². The van der Waals surface area contributed by atoms with Crippen LogP contribution in [0.25, 0.3) is 0 Å². The second kappa shape index (κ2) is 6.55. The molecule has 0 aliphatic carbocycles. The summed E-state index contributed by atoms with van der Waals surface area (Å²) in [7, 11) is 0. The van der Waals surface area contributed by atoms with E-state index in [1.807, 2.05) is 19.1 Å². The van der Waals surface area contributed by atoms with Gasteiger partial charge in [-0.2, -0.15) is 0 Å². The lowest BCUT2D eigenvalue weighted by Gasteiger charge is -2.28. The van der Waals surface area contributed by atoms with Gasteiger partial charge in [-0.25, -0.2) is 0 Å². The standard InChI is InChI=1S/C14H20BrNO2/c1-3-17-10(2)9-16-13-6-7-18-14-5-4-11(15)8-12(13)14/h4-5,8,10,13,16H,3,6-7,9H2,1-2H3. The zero-order chi connectivity index (χ0) is 13.0. The number of ether oxygens (including phenoxy) is 2. The summed E-state index contributed by atoms with van der Waals surface area (Å²) in [6.07, 6.45) is 1.25. The van der Waals surface area contributed by atoms with E-state index in [0.29, 0.717) is 6.04 Å². The van der Waals surface area contributed by atoms with Crippen LogP contribution in [0.2, 0.25) is 0 Å². The van der Waals surface area contributed by atoms with Crippen LogP contribution in [-0.2, 0) is 4.74 Å². The number of fused-ring (bicyclic) bond motifs is 1. The molecule has 0 aromatic heterocycles. The number of rotatable bonds is 5. The minimum absolute atomic E-state index is 0.244. The molecule has 1 heterocycles. The van der Waals surface area contributed by atoms with Crippen molar-refractivity contribution in [3.05, 3.63) is 28.2 Å². The Labute approximate surface area is 117 Å². The van der Waals surface area contributed by atoms with Crippen molar-refractivity contribution in [2.75, 3.05) is 19.8 Å². The average Bonchev–Trinajstić information content (AvgIpc) is 2.36. The molecule has 3 nitrogen and oxygen atoms in total. The number of hydrogen-bond acceptors (Lipinski definition) is 3. The maximum absolute atomic E-state index is 5.67. The summed E-state index contributed by atoms with van der Waals surface area (Å²) < 4.78 is 12.3. The predicted molar refractivity (Wildman–Crippen MR) is 76.1 cm³/mol. The maximum atomic E-state index is 5.67. The highest BCUT2D eigenvalue weighted by Crippen LogP contribution is 2.33. The molecule has 2 atom stereocenters. The monoisotopic (exact) mass is 313 g/mol. The normalized spacial score (nSPS) is 20.1. The van der Waals surface area contributed by atoms with E-state index < -0.39 is 0 Å². The lowest BCUT2D eigenvalue weighted by Crippen LogP contribution is -2.33. The molecule has 2 rings (SSSR count). The SMILES string of the molecule is CCOC(C)CNC1CCOc2ccc(Br)cc21. The Morgan fingerprint density at radius 3 is 3.17 bits per heavy atom. The van der Waals surface area contributed by atoms with Gasteiger partial charge in [0, 0.05) is 35.7 Å². The van der Waals surface area contributed by atoms with Crippen molar-refractivity contribution in [2.24, 2.45) is 0 Å². The second-order valence-electron chi connectivity index (χ2n) is 4.55. The number of hydrogen-bond donors (Lipinski definition) is 1. The molecular weight excluding hydrogens is 294 g/mol. The molecule has 0 bridgehead atoms. The first-order chi connectivity index (χ1) is 8.70. The summed E-state index contributed by atoms with van der Waals surface area (Å²) in [5.41, 5.74) is 1.24. The molecule has 1 aromatic carbocycles. The van der Waals surface area contributed by atoms with E-state index in [1.54, 1.807) is 0 Å². The lowest BCUT2D eigenvalue weighted by atomic mass is 10.0. The molecular formula is C14H20BrNO2. The highest BCUT2D eigenvalue weighted by molar-refractivity contribution is 9.10. The van der Waals surface area contributed by atoms with Crippen LogP contribution in [0.5, 0.6) is 5.75 Å². The topological polar surface area (TPSA) is 30.5 Å². The number of halogens is 1. The Morgan fingerprint density at radius 2 is 2.39 bits per heavy atom. The summed E-state index contributed by atoms with van der Waals surface area (Å²) in [6, 6.07) is 6.54. The van der Waals surface area contributed by atoms with E-state index in [4.69, 9.17) is 9.47 Å². The van der Waals surface area contributed by atoms with Gasteiger partial charge in [0.15, 0.2) is 0 Å². The Bertz CT molecular complexity index is 397. The van der Waals surface area contributed by atoms with Crippen molar-refractivity contribution in [2.45, 2.75) is 32.4 Å². The number of benzene rings is 1. The molecule has 0 spiro atoms. The van der Waals surface area contributed by atoms with E-state index >= 15 is 0 Å². The number of nitrogens with one attached hydrogen (secondary N) is 1. The first-order valence-corrected chi connectivity index (χ1v) is 7.27. The molecule has 0 amide bonds. The van der Waals surface area contributed by atoms with Crippen molar-refractivity contribution >= 4 is 15.9 Å². The van der Waals surface area contributed by atoms with Crippen molar-refractivity contribution in [3.8, 4) is 5.75 Å². The van der Waals surface area contributed by atoms with Crippen molar-refractivity contribution in [1.82, 2.24) is 5.32 Å². The van der Waals surface area contributed by atoms with Gasteiger partial charge in [0.1, 0.15) is 5.75 Å². The van der Waals surface area contributed by atoms with Gasteiger partial charge < -0.3 is 14.8 Å². The van der Waals surface area contributed by atoms with Crippen molar-refractivity contribution < 1.29 is 9.47 Å². The molecule has 0 radical (unpaired) electrons. The molecule has 1 N–H and O–H groups in total. The van der Waals surface area contributed by atoms with Gasteiger partial charge in [-0.1, -0.05) is 15.9 Å². The van der Waals surface area contributed by atoms with Crippen molar-refractivity contribution in [1.29, 1.82) is 0 Å². The summed E-state index contributed by atoms with van der Waals surface area (Å²) in [4.78, 5) is 0. The highest BCUT2D eigenvalue weighted by Gasteiger charge is 2.21. The van der Waals surface area contributed by atoms with Crippen LogP contribution in [0.1, 0.15) is 31.9 Å². The van der Waals surface area contributed by atoms with Gasteiger partial charge in [0.05, 0.1) is 12.7 Å². The quantitative estimate of drug-likeness (QED) is 0.905. The summed E-state index contributed by atoms with van der Waals surface area (Å²) in [5.74, 6) is 0.992. The Morgan fingerprint density at radius 1 is 1.56 bits per heavy atom. The van der Waals surface area contributed by atoms with Crippen LogP contribution >= 0.6 is 15.9 Å². The first-order valence-electron chi connectivity index (χ1n) is 6.48. The molecule has 2 unspecified atom stereocenters. The molecule has 4 heteroatoms. The Kier molecular flexibility index (Phi) is 5.03. The van der Waals surface area contributed by atoms with Gasteiger partial charge in [-0.15, -0.1) is 0 Å². The van der Waals surface area contributed by atoms with Crippen LogP contribution in [0.4, 0.5) is 0 Å². The molecule has 1 aliphatic heterocycles. The minimum atomic E-state index is 0.244. The minimum Gasteiger partial charge on any atom is -0.493 e. The fourth-order valence-corrected chi connectivity index (χ4v) is 2.61. The largest absolute Gasteiger partial charge is 0.493 e. The van der Waals surface area contributed by atoms with E-state index in [-0.39, 0.29) is 6.10 Å². The van der Waals surface area contributed by atoms with Crippen LogP contribution in [0.15, 0.2) is 22.7 Å². The van der Waals surface area contributed by atoms with E-state index in [2.05, 4.69) is 34.2 Å². The third-order valence-corrected chi connectivity index (χ3v) is 3.61. The highest BCUT2D eigenvalue weighted by atomic mass is 79.9. The van der Waals surface area contributed by atoms with Crippen LogP contribution in [0.3, 0.4) is 0 Å². The fraction of sp³-hybridized carbons (Fsp3) is 0.571. The molecule has 0 saturated heterocycles. The summed E-state index contributed by atoms with van der Waals surface area (Å²) in [6.45, 7) is 6.52. The van der Waals surface area contributed by atoms with Gasteiger partial charge in [0.2, 0.25) is 0 Å². The lowest BCUT2D eigenvalue weighted by molar-refractivity contribution is 0.0724. The zero-order valence-corrected chi connectivity index (χ0v) is 12.5. The van der Waals surface area contributed by atoms with E-state index in [0.717, 1.165) is 36.4 Å². The second-order valence-corrected chi connectivity index (χ2v) is 5.46. The third kappa shape index (κ3) is 3.46. The molecule has 0 fully saturated rings. The van der Waals surface area contributed by atoms with Crippen LogP contribution in [-0.4, -0.2) is 25.9 Å². The average molecular weight is 314 g/mol. The smallest absolute Gasteiger partial charge is 0.124 e. The first kappa shape index (κ1) is 13.8. The maximum Gasteiger partial charge on any atom is 0.124 e. The van der Waals surface area contributed by atoms with Crippen molar-refractivity contribution in [3.63, 3.8) is 0 Å². The fourth-order valence-electron chi connectivity index (χ4n) is 2.23. The molecule has 18 heavy (non-hydrogen) atoms. The molecule has 100 valence electrons. The summed E-state index contributed by atoms with van der Waals surface area (Å²) in [5, 5.41) is 3.56. The third-order valence-electron chi connectivity index (χ3n) is 3.11. The predicted octanol–water partition coefficient (Wildman–Crippen LogP) is 3.29. The van der Waals surface area contributed by atoms with Crippen LogP contribution in [0, 0.1) is 0 Å². The molecule has 1 aliphatic rings.